The maximum absolute atomic E-state index is 2.36. The van der Waals surface area contributed by atoms with Gasteiger partial charge in [-0.15, -0.1) is 0 Å². The Bertz CT molecular complexity index is 1090. The normalized spacial score (nSPS) is 19.5. The zero-order valence-corrected chi connectivity index (χ0v) is 19.1. The summed E-state index contributed by atoms with van der Waals surface area (Å²) in [4.78, 5) is 2.64. The topological polar surface area (TPSA) is 3.01 Å². The van der Waals surface area contributed by atoms with Crippen molar-refractivity contribution in [1.82, 2.24) is 0 Å². The van der Waals surface area contributed by atoms with Gasteiger partial charge in [0.2, 0.25) is 5.69 Å². The lowest BCUT2D eigenvalue weighted by Crippen LogP contribution is -2.26. The van der Waals surface area contributed by atoms with E-state index in [2.05, 4.69) is 119 Å². The molecule has 2 aromatic rings. The van der Waals surface area contributed by atoms with E-state index >= 15 is 0 Å². The predicted octanol–water partition coefficient (Wildman–Crippen LogP) is 7.37. The molecule has 1 nitrogen and oxygen atoms in total. The first-order valence-corrected chi connectivity index (χ1v) is 11.1. The Labute approximate surface area is 179 Å². The highest BCUT2D eigenvalue weighted by atomic mass is 32.2. The molecule has 2 aromatic carbocycles. The number of rotatable bonds is 2. The van der Waals surface area contributed by atoms with Crippen LogP contribution in [-0.4, -0.2) is 17.3 Å². The fourth-order valence-corrected chi connectivity index (χ4v) is 5.40. The Kier molecular flexibility index (Phi) is 4.94. The van der Waals surface area contributed by atoms with Gasteiger partial charge in [-0.1, -0.05) is 75.0 Å². The standard InChI is InChI=1S/C27H30NS/c1-26(2,3)22-18-19(29-24-16-10-7-13-20(22)24)12-11-17-25-27(4,5)21-14-8-9-15-23(21)28(25)6/h7-18H,1-6H3/q+1/b17-11+,19-12+. The molecule has 0 fully saturated rings. The molecule has 0 saturated carbocycles. The van der Waals surface area contributed by atoms with Crippen LogP contribution >= 0.6 is 11.8 Å². The van der Waals surface area contributed by atoms with E-state index in [9.17, 15) is 0 Å². The first-order chi connectivity index (χ1) is 13.7. The monoisotopic (exact) mass is 400 g/mol. The van der Waals surface area contributed by atoms with Gasteiger partial charge in [-0.25, -0.2) is 0 Å². The number of para-hydroxylation sites is 1. The highest BCUT2D eigenvalue weighted by molar-refractivity contribution is 8.03. The van der Waals surface area contributed by atoms with Gasteiger partial charge in [0.1, 0.15) is 7.05 Å². The summed E-state index contributed by atoms with van der Waals surface area (Å²) in [5.74, 6) is 0. The quantitative estimate of drug-likeness (QED) is 0.476. The van der Waals surface area contributed by atoms with Gasteiger partial charge in [0.15, 0.2) is 5.71 Å². The average molecular weight is 401 g/mol. The fraction of sp³-hybridized carbons (Fsp3) is 0.296. The average Bonchev–Trinajstić information content (AvgIpc) is 2.87. The molecule has 0 atom stereocenters. The van der Waals surface area contributed by atoms with Crippen LogP contribution in [0.2, 0.25) is 0 Å². The van der Waals surface area contributed by atoms with Crippen molar-refractivity contribution in [2.24, 2.45) is 5.41 Å². The Morgan fingerprint density at radius 2 is 1.66 bits per heavy atom. The van der Waals surface area contributed by atoms with Gasteiger partial charge in [-0.2, -0.15) is 4.58 Å². The van der Waals surface area contributed by atoms with Gasteiger partial charge in [0, 0.05) is 27.5 Å². The van der Waals surface area contributed by atoms with Crippen molar-refractivity contribution in [3.05, 3.63) is 88.9 Å². The summed E-state index contributed by atoms with van der Waals surface area (Å²) in [7, 11) is 2.17. The summed E-state index contributed by atoms with van der Waals surface area (Å²) in [5.41, 5.74) is 6.93. The van der Waals surface area contributed by atoms with Gasteiger partial charge >= 0.3 is 0 Å². The lowest BCUT2D eigenvalue weighted by Gasteiger charge is -2.28. The molecule has 2 aliphatic rings. The smallest absolute Gasteiger partial charge is 0.198 e. The van der Waals surface area contributed by atoms with Crippen LogP contribution in [0.1, 0.15) is 45.7 Å². The highest BCUT2D eigenvalue weighted by Gasteiger charge is 2.42. The second-order valence-electron chi connectivity index (χ2n) is 9.42. The lowest BCUT2D eigenvalue weighted by molar-refractivity contribution is -0.401. The molecule has 0 saturated heterocycles. The molecule has 2 heterocycles. The molecule has 0 amide bonds. The van der Waals surface area contributed by atoms with E-state index in [1.165, 1.54) is 37.9 Å². The maximum Gasteiger partial charge on any atom is 0.209 e. The predicted molar refractivity (Wildman–Crippen MR) is 127 cm³/mol. The molecule has 2 aliphatic heterocycles. The van der Waals surface area contributed by atoms with E-state index in [1.807, 2.05) is 11.8 Å². The molecule has 0 radical (unpaired) electrons. The number of nitrogens with zero attached hydrogens (tertiary/aromatic N) is 1. The largest absolute Gasteiger partial charge is 0.209 e. The van der Waals surface area contributed by atoms with Gasteiger partial charge in [-0.05, 0) is 48.6 Å². The van der Waals surface area contributed by atoms with Crippen molar-refractivity contribution >= 4 is 28.7 Å². The Hall–Kier alpha value is -2.32. The van der Waals surface area contributed by atoms with Crippen molar-refractivity contribution < 1.29 is 4.58 Å². The van der Waals surface area contributed by atoms with Gasteiger partial charge in [0.05, 0.1) is 5.41 Å². The SMILES string of the molecule is C[N+]1=C(/C=C/C=C2\C=C(C(C)(C)C)c3ccccc3S2)C(C)(C)c2ccccc21. The Morgan fingerprint density at radius 3 is 2.38 bits per heavy atom. The zero-order valence-electron chi connectivity index (χ0n) is 18.3. The Balaban J connectivity index is 1.68. The number of allylic oxidation sites excluding steroid dienone is 5. The summed E-state index contributed by atoms with van der Waals surface area (Å²) in [5, 5.41) is 0. The molecule has 2 heteroatoms. The van der Waals surface area contributed by atoms with E-state index < -0.39 is 0 Å². The molecular formula is C27H30NS+. The van der Waals surface area contributed by atoms with Crippen LogP contribution in [-0.2, 0) is 5.41 Å². The summed E-state index contributed by atoms with van der Waals surface area (Å²) < 4.78 is 2.32. The van der Waals surface area contributed by atoms with Gasteiger partial charge in [0.25, 0.3) is 0 Å². The maximum atomic E-state index is 2.36. The van der Waals surface area contributed by atoms with Crippen molar-refractivity contribution in [3.8, 4) is 0 Å². The Morgan fingerprint density at radius 1 is 0.966 bits per heavy atom. The molecule has 4 rings (SSSR count). The number of benzene rings is 2. The van der Waals surface area contributed by atoms with Crippen LogP contribution in [0.15, 0.2) is 82.6 Å². The second-order valence-corrected chi connectivity index (χ2v) is 10.5. The van der Waals surface area contributed by atoms with Crippen LogP contribution in [0.25, 0.3) is 5.57 Å². The summed E-state index contributed by atoms with van der Waals surface area (Å²) in [6.07, 6.45) is 9.11. The fourth-order valence-electron chi connectivity index (χ4n) is 4.39. The minimum absolute atomic E-state index is 0.0130. The first kappa shape index (κ1) is 20.0. The number of thioether (sulfide) groups is 1. The highest BCUT2D eigenvalue weighted by Crippen LogP contribution is 2.46. The van der Waals surface area contributed by atoms with E-state index in [4.69, 9.17) is 0 Å². The molecular weight excluding hydrogens is 370 g/mol. The van der Waals surface area contributed by atoms with Crippen LogP contribution in [0.4, 0.5) is 5.69 Å². The minimum Gasteiger partial charge on any atom is -0.198 e. The zero-order chi connectivity index (χ0) is 20.8. The van der Waals surface area contributed by atoms with Crippen LogP contribution < -0.4 is 0 Å². The summed E-state index contributed by atoms with van der Waals surface area (Å²) in [6, 6.07) is 17.5. The third kappa shape index (κ3) is 3.55. The molecule has 29 heavy (non-hydrogen) atoms. The van der Waals surface area contributed by atoms with Crippen LogP contribution in [0.3, 0.4) is 0 Å². The number of hydrogen-bond donors (Lipinski definition) is 0. The molecule has 0 unspecified atom stereocenters. The van der Waals surface area contributed by atoms with E-state index in [0.29, 0.717) is 0 Å². The van der Waals surface area contributed by atoms with Crippen LogP contribution in [0.5, 0.6) is 0 Å². The van der Waals surface area contributed by atoms with Crippen LogP contribution in [0, 0.1) is 5.41 Å². The summed E-state index contributed by atoms with van der Waals surface area (Å²) >= 11 is 1.86. The summed E-state index contributed by atoms with van der Waals surface area (Å²) in [6.45, 7) is 11.5. The second kappa shape index (κ2) is 7.18. The molecule has 0 N–H and O–H groups in total. The molecule has 0 spiro atoms. The third-order valence-electron chi connectivity index (χ3n) is 5.95. The van der Waals surface area contributed by atoms with Crippen molar-refractivity contribution in [2.75, 3.05) is 7.05 Å². The first-order valence-electron chi connectivity index (χ1n) is 10.3. The van der Waals surface area contributed by atoms with Gasteiger partial charge < -0.3 is 0 Å². The van der Waals surface area contributed by atoms with Gasteiger partial charge in [-0.3, -0.25) is 0 Å². The van der Waals surface area contributed by atoms with Crippen molar-refractivity contribution in [2.45, 2.75) is 44.9 Å². The van der Waals surface area contributed by atoms with E-state index in [1.54, 1.807) is 0 Å². The van der Waals surface area contributed by atoms with E-state index in [0.717, 1.165) is 0 Å². The third-order valence-corrected chi connectivity index (χ3v) is 7.02. The van der Waals surface area contributed by atoms with Crippen molar-refractivity contribution in [3.63, 3.8) is 0 Å². The minimum atomic E-state index is 0.0130. The van der Waals surface area contributed by atoms with Crippen molar-refractivity contribution in [1.29, 1.82) is 0 Å². The molecule has 148 valence electrons. The lowest BCUT2D eigenvalue weighted by atomic mass is 9.81. The number of hydrogen-bond acceptors (Lipinski definition) is 1. The molecule has 0 aromatic heterocycles. The number of fused-ring (bicyclic) bond motifs is 2. The van der Waals surface area contributed by atoms with E-state index in [-0.39, 0.29) is 10.8 Å². The molecule has 0 aliphatic carbocycles. The molecule has 0 bridgehead atoms.